The van der Waals surface area contributed by atoms with Crippen LogP contribution in [0.1, 0.15) is 17.5 Å². The van der Waals surface area contributed by atoms with Crippen molar-refractivity contribution in [2.45, 2.75) is 19.9 Å². The average molecular weight is 250 g/mol. The van der Waals surface area contributed by atoms with Gasteiger partial charge in [-0.25, -0.2) is 4.79 Å². The molecule has 18 heavy (non-hydrogen) atoms. The minimum atomic E-state index is -0.339. The summed E-state index contributed by atoms with van der Waals surface area (Å²) in [6.45, 7) is 2.73. The van der Waals surface area contributed by atoms with E-state index in [1.165, 1.54) is 7.11 Å². The molecule has 98 valence electrons. The van der Waals surface area contributed by atoms with Gasteiger partial charge in [0, 0.05) is 13.1 Å². The highest BCUT2D eigenvalue weighted by Crippen LogP contribution is 2.05. The summed E-state index contributed by atoms with van der Waals surface area (Å²) in [5, 5.41) is 5.32. The molecule has 0 fully saturated rings. The van der Waals surface area contributed by atoms with E-state index in [2.05, 4.69) is 15.4 Å². The smallest absolute Gasteiger partial charge is 0.315 e. The van der Waals surface area contributed by atoms with Crippen LogP contribution in [0.4, 0.5) is 4.79 Å². The second kappa shape index (κ2) is 7.32. The summed E-state index contributed by atoms with van der Waals surface area (Å²) in [5.41, 5.74) is 2.20. The molecule has 2 amide bonds. The third-order valence-corrected chi connectivity index (χ3v) is 2.54. The van der Waals surface area contributed by atoms with Crippen LogP contribution in [0, 0.1) is 6.92 Å². The molecule has 5 nitrogen and oxygen atoms in total. The Kier molecular flexibility index (Phi) is 5.70. The number of hydrogen-bond acceptors (Lipinski definition) is 3. The van der Waals surface area contributed by atoms with Crippen LogP contribution in [0.15, 0.2) is 24.3 Å². The van der Waals surface area contributed by atoms with Gasteiger partial charge in [-0.05, 0) is 18.1 Å². The maximum absolute atomic E-state index is 11.4. The Bertz CT molecular complexity index is 418. The molecule has 0 unspecified atom stereocenters. The highest BCUT2D eigenvalue weighted by Gasteiger charge is 2.04. The van der Waals surface area contributed by atoms with Crippen LogP contribution in [0.3, 0.4) is 0 Å². The highest BCUT2D eigenvalue weighted by atomic mass is 16.5. The Balaban J connectivity index is 2.25. The van der Waals surface area contributed by atoms with E-state index in [0.29, 0.717) is 6.54 Å². The van der Waals surface area contributed by atoms with Crippen LogP contribution in [-0.4, -0.2) is 25.7 Å². The SMILES string of the molecule is COC(=O)CCNC(=O)NCc1ccccc1C. The highest BCUT2D eigenvalue weighted by molar-refractivity contribution is 5.75. The number of carbonyl (C=O) groups excluding carboxylic acids is 2. The van der Waals surface area contributed by atoms with Crippen molar-refractivity contribution in [1.29, 1.82) is 0 Å². The second-order valence-corrected chi connectivity index (χ2v) is 3.86. The first-order valence-electron chi connectivity index (χ1n) is 5.76. The molecule has 0 aliphatic heterocycles. The molecule has 1 aromatic rings. The summed E-state index contributed by atoms with van der Waals surface area (Å²) in [6, 6.07) is 7.55. The van der Waals surface area contributed by atoms with E-state index in [4.69, 9.17) is 0 Å². The molecular formula is C13H18N2O3. The lowest BCUT2D eigenvalue weighted by Gasteiger charge is -2.08. The zero-order valence-corrected chi connectivity index (χ0v) is 10.7. The molecule has 0 heterocycles. The van der Waals surface area contributed by atoms with Crippen molar-refractivity contribution in [1.82, 2.24) is 10.6 Å². The molecule has 0 radical (unpaired) electrons. The van der Waals surface area contributed by atoms with Crippen molar-refractivity contribution in [3.63, 3.8) is 0 Å². The van der Waals surface area contributed by atoms with Crippen molar-refractivity contribution in [3.8, 4) is 0 Å². The Labute approximate surface area is 107 Å². The summed E-state index contributed by atoms with van der Waals surface area (Å²) in [5.74, 6) is -0.339. The van der Waals surface area contributed by atoms with E-state index in [9.17, 15) is 9.59 Å². The maximum atomic E-state index is 11.4. The van der Waals surface area contributed by atoms with Gasteiger partial charge in [0.15, 0.2) is 0 Å². The minimum Gasteiger partial charge on any atom is -0.469 e. The summed E-state index contributed by atoms with van der Waals surface area (Å²) >= 11 is 0. The lowest BCUT2D eigenvalue weighted by atomic mass is 10.1. The number of amides is 2. The van der Waals surface area contributed by atoms with Gasteiger partial charge in [-0.1, -0.05) is 24.3 Å². The average Bonchev–Trinajstić information content (AvgIpc) is 2.37. The Morgan fingerprint density at radius 2 is 1.94 bits per heavy atom. The van der Waals surface area contributed by atoms with E-state index >= 15 is 0 Å². The molecule has 0 aliphatic carbocycles. The summed E-state index contributed by atoms with van der Waals surface area (Å²) in [4.78, 5) is 22.2. The number of methoxy groups -OCH3 is 1. The number of benzene rings is 1. The number of rotatable bonds is 5. The molecule has 0 bridgehead atoms. The van der Waals surface area contributed by atoms with E-state index in [1.807, 2.05) is 31.2 Å². The summed E-state index contributed by atoms with van der Waals surface area (Å²) in [7, 11) is 1.32. The van der Waals surface area contributed by atoms with Crippen LogP contribution >= 0.6 is 0 Å². The summed E-state index contributed by atoms with van der Waals surface area (Å²) in [6.07, 6.45) is 0.175. The zero-order valence-electron chi connectivity index (χ0n) is 10.7. The number of aryl methyl sites for hydroxylation is 1. The van der Waals surface area contributed by atoms with Gasteiger partial charge >= 0.3 is 12.0 Å². The minimum absolute atomic E-state index is 0.175. The van der Waals surface area contributed by atoms with Crippen molar-refractivity contribution in [2.24, 2.45) is 0 Å². The first-order chi connectivity index (χ1) is 8.63. The number of hydrogen-bond donors (Lipinski definition) is 2. The molecule has 0 atom stereocenters. The van der Waals surface area contributed by atoms with E-state index < -0.39 is 0 Å². The van der Waals surface area contributed by atoms with Crippen LogP contribution in [0.25, 0.3) is 0 Å². The van der Waals surface area contributed by atoms with Crippen molar-refractivity contribution >= 4 is 12.0 Å². The Hall–Kier alpha value is -2.04. The van der Waals surface area contributed by atoms with Crippen LogP contribution in [-0.2, 0) is 16.1 Å². The number of esters is 1. The van der Waals surface area contributed by atoms with Gasteiger partial charge in [-0.2, -0.15) is 0 Å². The maximum Gasteiger partial charge on any atom is 0.315 e. The van der Waals surface area contributed by atoms with Crippen molar-refractivity contribution < 1.29 is 14.3 Å². The number of urea groups is 1. The molecule has 1 rings (SSSR count). The largest absolute Gasteiger partial charge is 0.469 e. The normalized spacial score (nSPS) is 9.67. The van der Waals surface area contributed by atoms with Gasteiger partial charge < -0.3 is 15.4 Å². The molecule has 5 heteroatoms. The fourth-order valence-electron chi connectivity index (χ4n) is 1.43. The predicted molar refractivity (Wildman–Crippen MR) is 68.1 cm³/mol. The van der Waals surface area contributed by atoms with Gasteiger partial charge in [0.05, 0.1) is 13.5 Å². The topological polar surface area (TPSA) is 67.4 Å². The molecule has 2 N–H and O–H groups in total. The van der Waals surface area contributed by atoms with Crippen LogP contribution in [0.2, 0.25) is 0 Å². The molecule has 0 spiro atoms. The monoisotopic (exact) mass is 250 g/mol. The van der Waals surface area contributed by atoms with Gasteiger partial charge in [-0.3, -0.25) is 4.79 Å². The van der Waals surface area contributed by atoms with Gasteiger partial charge in [0.25, 0.3) is 0 Å². The van der Waals surface area contributed by atoms with E-state index in [-0.39, 0.29) is 25.0 Å². The van der Waals surface area contributed by atoms with E-state index in [0.717, 1.165) is 11.1 Å². The zero-order chi connectivity index (χ0) is 13.4. The first kappa shape index (κ1) is 14.0. The standard InChI is InChI=1S/C13H18N2O3/c1-10-5-3-4-6-11(10)9-15-13(17)14-8-7-12(16)18-2/h3-6H,7-9H2,1-2H3,(H2,14,15,17). The van der Waals surface area contributed by atoms with E-state index in [1.54, 1.807) is 0 Å². The predicted octanol–water partition coefficient (Wildman–Crippen LogP) is 1.36. The van der Waals surface area contributed by atoms with Gasteiger partial charge in [-0.15, -0.1) is 0 Å². The molecule has 1 aromatic carbocycles. The molecule has 0 saturated heterocycles. The molecule has 0 aromatic heterocycles. The lowest BCUT2D eigenvalue weighted by molar-refractivity contribution is -0.140. The quantitative estimate of drug-likeness (QED) is 0.775. The summed E-state index contributed by atoms with van der Waals surface area (Å²) < 4.78 is 4.47. The fourth-order valence-corrected chi connectivity index (χ4v) is 1.43. The third-order valence-electron chi connectivity index (χ3n) is 2.54. The number of nitrogens with one attached hydrogen (secondary N) is 2. The molecule has 0 aliphatic rings. The number of carbonyl (C=O) groups is 2. The Morgan fingerprint density at radius 3 is 2.61 bits per heavy atom. The van der Waals surface area contributed by atoms with Crippen LogP contribution < -0.4 is 10.6 Å². The van der Waals surface area contributed by atoms with Gasteiger partial charge in [0.1, 0.15) is 0 Å². The molecule has 0 saturated carbocycles. The Morgan fingerprint density at radius 1 is 1.22 bits per heavy atom. The molecular weight excluding hydrogens is 232 g/mol. The fraction of sp³-hybridized carbons (Fsp3) is 0.385. The lowest BCUT2D eigenvalue weighted by Crippen LogP contribution is -2.36. The number of ether oxygens (including phenoxy) is 1. The third kappa shape index (κ3) is 4.86. The van der Waals surface area contributed by atoms with Gasteiger partial charge in [0.2, 0.25) is 0 Å². The second-order valence-electron chi connectivity index (χ2n) is 3.86. The first-order valence-corrected chi connectivity index (χ1v) is 5.76. The van der Waals surface area contributed by atoms with Crippen molar-refractivity contribution in [2.75, 3.05) is 13.7 Å². The van der Waals surface area contributed by atoms with Crippen LogP contribution in [0.5, 0.6) is 0 Å². The van der Waals surface area contributed by atoms with Crippen molar-refractivity contribution in [3.05, 3.63) is 35.4 Å².